The van der Waals surface area contributed by atoms with E-state index < -0.39 is 0 Å². The van der Waals surface area contributed by atoms with E-state index in [4.69, 9.17) is 0 Å². The van der Waals surface area contributed by atoms with Gasteiger partial charge in [0.25, 0.3) is 5.91 Å². The van der Waals surface area contributed by atoms with Gasteiger partial charge in [0.05, 0.1) is 5.69 Å². The molecule has 1 aliphatic rings. The van der Waals surface area contributed by atoms with E-state index in [1.54, 1.807) is 0 Å². The van der Waals surface area contributed by atoms with Gasteiger partial charge in [-0.2, -0.15) is 0 Å². The molecule has 0 aliphatic carbocycles. The Balaban J connectivity index is 2.21. The van der Waals surface area contributed by atoms with Gasteiger partial charge in [-0.05, 0) is 46.7 Å². The fraction of sp³-hybridized carbons (Fsp3) is 0.348. The van der Waals surface area contributed by atoms with E-state index in [9.17, 15) is 9.90 Å². The molecule has 0 bridgehead atoms. The Kier molecular flexibility index (Phi) is 4.75. The Morgan fingerprint density at radius 2 is 1.52 bits per heavy atom. The van der Waals surface area contributed by atoms with Crippen LogP contribution in [0.5, 0.6) is 5.75 Å². The lowest BCUT2D eigenvalue weighted by atomic mass is 9.78. The normalized spacial score (nSPS) is 15.8. The van der Waals surface area contributed by atoms with Crippen molar-refractivity contribution in [3.05, 3.63) is 57.1 Å². The van der Waals surface area contributed by atoms with Crippen LogP contribution in [0.4, 0.5) is 5.69 Å². The SMILES string of the molecule is CC(C)(C)c1cc(/C=C2/C(=O)Nc3cc(Br)ccc32)cc(C(C)(C)C)c1O. The first-order valence-corrected chi connectivity index (χ1v) is 9.88. The Labute approximate surface area is 169 Å². The van der Waals surface area contributed by atoms with Crippen molar-refractivity contribution in [3.8, 4) is 5.75 Å². The number of fused-ring (bicyclic) bond motifs is 1. The monoisotopic (exact) mass is 427 g/mol. The minimum atomic E-state index is -0.209. The number of anilines is 1. The number of hydrogen-bond donors (Lipinski definition) is 2. The van der Waals surface area contributed by atoms with Gasteiger partial charge in [-0.15, -0.1) is 0 Å². The summed E-state index contributed by atoms with van der Waals surface area (Å²) >= 11 is 3.44. The lowest BCUT2D eigenvalue weighted by Crippen LogP contribution is -2.17. The summed E-state index contributed by atoms with van der Waals surface area (Å²) in [5.74, 6) is 0.239. The van der Waals surface area contributed by atoms with Gasteiger partial charge in [0, 0.05) is 26.7 Å². The Bertz CT molecular complexity index is 924. The van der Waals surface area contributed by atoms with Crippen LogP contribution in [0, 0.1) is 0 Å². The van der Waals surface area contributed by atoms with E-state index in [0.717, 1.165) is 32.4 Å². The van der Waals surface area contributed by atoms with Crippen molar-refractivity contribution in [1.29, 1.82) is 0 Å². The summed E-state index contributed by atoms with van der Waals surface area (Å²) in [6, 6.07) is 9.76. The second kappa shape index (κ2) is 6.52. The Morgan fingerprint density at radius 1 is 0.963 bits per heavy atom. The summed E-state index contributed by atoms with van der Waals surface area (Å²) < 4.78 is 0.928. The molecular weight excluding hydrogens is 402 g/mol. The molecule has 142 valence electrons. The number of nitrogens with one attached hydrogen (secondary N) is 1. The standard InChI is InChI=1S/C23H26BrNO2/c1-22(2,3)17-10-13(11-18(20(17)26)23(4,5)6)9-16-15-8-7-14(24)12-19(15)25-21(16)27/h7-12,26H,1-6H3,(H,25,27)/b16-9+. The zero-order valence-corrected chi connectivity index (χ0v) is 18.3. The molecule has 0 radical (unpaired) electrons. The number of benzene rings is 2. The number of carbonyl (C=O) groups is 1. The summed E-state index contributed by atoms with van der Waals surface area (Å²) in [6.07, 6.45) is 1.92. The highest BCUT2D eigenvalue weighted by Crippen LogP contribution is 2.41. The van der Waals surface area contributed by atoms with E-state index in [2.05, 4.69) is 62.8 Å². The third-order valence-corrected chi connectivity index (χ3v) is 5.32. The molecule has 1 heterocycles. The molecule has 0 unspecified atom stereocenters. The van der Waals surface area contributed by atoms with Gasteiger partial charge in [0.15, 0.2) is 0 Å². The number of phenols is 1. The first kappa shape index (κ1) is 19.7. The smallest absolute Gasteiger partial charge is 0.256 e. The van der Waals surface area contributed by atoms with Crippen molar-refractivity contribution in [1.82, 2.24) is 0 Å². The van der Waals surface area contributed by atoms with Crippen LogP contribution in [0.3, 0.4) is 0 Å². The fourth-order valence-corrected chi connectivity index (χ4v) is 3.72. The third-order valence-electron chi connectivity index (χ3n) is 4.82. The molecule has 2 aromatic rings. The predicted molar refractivity (Wildman–Crippen MR) is 116 cm³/mol. The van der Waals surface area contributed by atoms with Gasteiger partial charge in [0.1, 0.15) is 5.75 Å². The van der Waals surface area contributed by atoms with E-state index >= 15 is 0 Å². The molecule has 3 nitrogen and oxygen atoms in total. The van der Waals surface area contributed by atoms with Crippen molar-refractivity contribution >= 4 is 39.2 Å². The van der Waals surface area contributed by atoms with Crippen LogP contribution in [0.25, 0.3) is 11.6 Å². The maximum atomic E-state index is 12.5. The lowest BCUT2D eigenvalue weighted by Gasteiger charge is -2.28. The molecule has 4 heteroatoms. The Hall–Kier alpha value is -2.07. The minimum Gasteiger partial charge on any atom is -0.507 e. The summed E-state index contributed by atoms with van der Waals surface area (Å²) in [6.45, 7) is 12.5. The number of carbonyl (C=O) groups excluding carboxylic acids is 1. The molecule has 1 aliphatic heterocycles. The molecule has 0 saturated carbocycles. The molecule has 1 amide bonds. The second-order valence-electron chi connectivity index (χ2n) is 9.17. The minimum absolute atomic E-state index is 0.106. The summed E-state index contributed by atoms with van der Waals surface area (Å²) in [5.41, 5.74) is 4.62. The van der Waals surface area contributed by atoms with Crippen molar-refractivity contribution < 1.29 is 9.90 Å². The molecule has 2 aromatic carbocycles. The highest BCUT2D eigenvalue weighted by molar-refractivity contribution is 9.10. The first-order valence-electron chi connectivity index (χ1n) is 9.09. The topological polar surface area (TPSA) is 49.3 Å². The van der Waals surface area contributed by atoms with Crippen LogP contribution in [-0.2, 0) is 15.6 Å². The molecular formula is C23H26BrNO2. The molecule has 0 fully saturated rings. The zero-order valence-electron chi connectivity index (χ0n) is 16.7. The van der Waals surface area contributed by atoms with Gasteiger partial charge < -0.3 is 10.4 Å². The molecule has 2 N–H and O–H groups in total. The third kappa shape index (κ3) is 3.81. The number of aromatic hydroxyl groups is 1. The van der Waals surface area contributed by atoms with E-state index in [1.807, 2.05) is 36.4 Å². The number of amides is 1. The predicted octanol–water partition coefficient (Wildman–Crippen LogP) is 6.24. The molecule has 3 rings (SSSR count). The van der Waals surface area contributed by atoms with Crippen LogP contribution < -0.4 is 5.32 Å². The van der Waals surface area contributed by atoms with Crippen molar-refractivity contribution in [2.45, 2.75) is 52.4 Å². The van der Waals surface area contributed by atoms with Gasteiger partial charge in [-0.3, -0.25) is 4.79 Å². The van der Waals surface area contributed by atoms with Crippen LogP contribution in [-0.4, -0.2) is 11.0 Å². The second-order valence-corrected chi connectivity index (χ2v) is 10.1. The molecule has 0 spiro atoms. The van der Waals surface area contributed by atoms with Gasteiger partial charge in [-0.1, -0.05) is 63.5 Å². The summed E-state index contributed by atoms with van der Waals surface area (Å²) in [4.78, 5) is 12.5. The quantitative estimate of drug-likeness (QED) is 0.528. The zero-order chi connectivity index (χ0) is 20.1. The molecule has 0 saturated heterocycles. The number of halogens is 1. The van der Waals surface area contributed by atoms with E-state index in [1.165, 1.54) is 0 Å². The first-order chi connectivity index (χ1) is 12.4. The molecule has 0 aromatic heterocycles. The largest absolute Gasteiger partial charge is 0.507 e. The number of rotatable bonds is 1. The van der Waals surface area contributed by atoms with Gasteiger partial charge in [-0.25, -0.2) is 0 Å². The van der Waals surface area contributed by atoms with Gasteiger partial charge in [0.2, 0.25) is 0 Å². The van der Waals surface area contributed by atoms with E-state index in [0.29, 0.717) is 11.3 Å². The van der Waals surface area contributed by atoms with Crippen molar-refractivity contribution in [2.24, 2.45) is 0 Å². The summed E-state index contributed by atoms with van der Waals surface area (Å²) in [7, 11) is 0. The highest BCUT2D eigenvalue weighted by atomic mass is 79.9. The maximum Gasteiger partial charge on any atom is 0.256 e. The molecule has 27 heavy (non-hydrogen) atoms. The fourth-order valence-electron chi connectivity index (χ4n) is 3.36. The molecule has 0 atom stereocenters. The van der Waals surface area contributed by atoms with Crippen LogP contribution in [0.1, 0.15) is 63.8 Å². The highest BCUT2D eigenvalue weighted by Gasteiger charge is 2.28. The average molecular weight is 428 g/mol. The Morgan fingerprint density at radius 3 is 2.04 bits per heavy atom. The van der Waals surface area contributed by atoms with Crippen LogP contribution in [0.15, 0.2) is 34.8 Å². The number of phenolic OH excluding ortho intramolecular Hbond substituents is 1. The van der Waals surface area contributed by atoms with Crippen molar-refractivity contribution in [3.63, 3.8) is 0 Å². The lowest BCUT2D eigenvalue weighted by molar-refractivity contribution is -0.110. The van der Waals surface area contributed by atoms with Crippen molar-refractivity contribution in [2.75, 3.05) is 5.32 Å². The van der Waals surface area contributed by atoms with Gasteiger partial charge >= 0.3 is 0 Å². The van der Waals surface area contributed by atoms with Crippen LogP contribution in [0.2, 0.25) is 0 Å². The maximum absolute atomic E-state index is 12.5. The van der Waals surface area contributed by atoms with E-state index in [-0.39, 0.29) is 16.7 Å². The van der Waals surface area contributed by atoms with Crippen LogP contribution >= 0.6 is 15.9 Å². The average Bonchev–Trinajstić information content (AvgIpc) is 2.81. The summed E-state index contributed by atoms with van der Waals surface area (Å²) in [5, 5.41) is 13.8. The number of hydrogen-bond acceptors (Lipinski definition) is 2.